The third kappa shape index (κ3) is 4.39. The zero-order valence-corrected chi connectivity index (χ0v) is 11.5. The molecule has 0 aromatic heterocycles. The summed E-state index contributed by atoms with van der Waals surface area (Å²) in [6.45, 7) is 6.68. The van der Waals surface area contributed by atoms with Gasteiger partial charge in [0.25, 0.3) is 0 Å². The zero-order chi connectivity index (χ0) is 12.7. The highest BCUT2D eigenvalue weighted by Gasteiger charge is 2.12. The second kappa shape index (κ2) is 7.33. The van der Waals surface area contributed by atoms with E-state index in [9.17, 15) is 0 Å². The van der Waals surface area contributed by atoms with Gasteiger partial charge in [-0.15, -0.1) is 0 Å². The van der Waals surface area contributed by atoms with E-state index in [1.165, 1.54) is 24.8 Å². The predicted octanol–water partition coefficient (Wildman–Crippen LogP) is 3.92. The van der Waals surface area contributed by atoms with Crippen LogP contribution in [0.3, 0.4) is 0 Å². The molecule has 0 amide bonds. The average molecular weight is 235 g/mol. The number of ether oxygens (including phenoxy) is 1. The van der Waals surface area contributed by atoms with Crippen LogP contribution in [0.1, 0.15) is 51.6 Å². The smallest absolute Gasteiger partial charge is 0.123 e. The van der Waals surface area contributed by atoms with Gasteiger partial charge >= 0.3 is 0 Å². The van der Waals surface area contributed by atoms with Crippen molar-refractivity contribution in [3.8, 4) is 5.75 Å². The Labute approximate surface area is 105 Å². The zero-order valence-electron chi connectivity index (χ0n) is 11.5. The molecule has 1 N–H and O–H groups in total. The van der Waals surface area contributed by atoms with Crippen molar-refractivity contribution in [3.63, 3.8) is 0 Å². The van der Waals surface area contributed by atoms with Gasteiger partial charge in [0, 0.05) is 17.6 Å². The van der Waals surface area contributed by atoms with Crippen LogP contribution in [0.5, 0.6) is 5.75 Å². The lowest BCUT2D eigenvalue weighted by molar-refractivity contribution is 0.391. The van der Waals surface area contributed by atoms with Crippen molar-refractivity contribution in [2.45, 2.75) is 52.1 Å². The van der Waals surface area contributed by atoms with Crippen molar-refractivity contribution in [1.82, 2.24) is 5.32 Å². The molecule has 17 heavy (non-hydrogen) atoms. The second-order valence-electron chi connectivity index (χ2n) is 4.67. The Morgan fingerprint density at radius 3 is 2.59 bits per heavy atom. The van der Waals surface area contributed by atoms with Crippen molar-refractivity contribution in [2.75, 3.05) is 7.11 Å². The number of rotatable bonds is 7. The molecule has 0 aliphatic heterocycles. The largest absolute Gasteiger partial charge is 0.496 e. The van der Waals surface area contributed by atoms with Crippen LogP contribution in [0.2, 0.25) is 0 Å². The third-order valence-corrected chi connectivity index (χ3v) is 3.13. The lowest BCUT2D eigenvalue weighted by atomic mass is 10.0. The van der Waals surface area contributed by atoms with E-state index in [-0.39, 0.29) is 0 Å². The molecule has 0 fully saturated rings. The van der Waals surface area contributed by atoms with E-state index in [0.29, 0.717) is 12.1 Å². The molecular formula is C15H25NO. The number of benzene rings is 1. The number of nitrogens with one attached hydrogen (secondary N) is 1. The van der Waals surface area contributed by atoms with E-state index in [2.05, 4.69) is 38.2 Å². The highest BCUT2D eigenvalue weighted by Crippen LogP contribution is 2.24. The molecule has 1 rings (SSSR count). The van der Waals surface area contributed by atoms with Gasteiger partial charge in [-0.3, -0.25) is 0 Å². The van der Waals surface area contributed by atoms with Gasteiger partial charge in [-0.1, -0.05) is 38.0 Å². The van der Waals surface area contributed by atoms with E-state index in [0.717, 1.165) is 5.75 Å². The normalized spacial score (nSPS) is 14.4. The summed E-state index contributed by atoms with van der Waals surface area (Å²) in [5, 5.41) is 3.63. The maximum atomic E-state index is 5.39. The molecule has 2 nitrogen and oxygen atoms in total. The number of hydrogen-bond acceptors (Lipinski definition) is 2. The van der Waals surface area contributed by atoms with Crippen molar-refractivity contribution in [1.29, 1.82) is 0 Å². The fourth-order valence-electron chi connectivity index (χ4n) is 2.13. The quantitative estimate of drug-likeness (QED) is 0.773. The maximum absolute atomic E-state index is 5.39. The Bertz CT molecular complexity index is 324. The standard InChI is InChI=1S/C15H25NO/c1-5-6-9-12(2)16-13(3)14-10-7-8-11-15(14)17-4/h7-8,10-13,16H,5-6,9H2,1-4H3/t12?,13-/m0/s1. The SMILES string of the molecule is CCCCC(C)N[C@@H](C)c1ccccc1OC. The average Bonchev–Trinajstić information content (AvgIpc) is 2.36. The molecule has 0 heterocycles. The lowest BCUT2D eigenvalue weighted by Crippen LogP contribution is -2.29. The summed E-state index contributed by atoms with van der Waals surface area (Å²) in [6.07, 6.45) is 3.78. The Balaban J connectivity index is 2.59. The Morgan fingerprint density at radius 2 is 1.94 bits per heavy atom. The monoisotopic (exact) mass is 235 g/mol. The van der Waals surface area contributed by atoms with Crippen LogP contribution < -0.4 is 10.1 Å². The van der Waals surface area contributed by atoms with Gasteiger partial charge in [0.05, 0.1) is 7.11 Å². The number of para-hydroxylation sites is 1. The second-order valence-corrected chi connectivity index (χ2v) is 4.67. The van der Waals surface area contributed by atoms with E-state index in [1.807, 2.05) is 12.1 Å². The summed E-state index contributed by atoms with van der Waals surface area (Å²) < 4.78 is 5.39. The Kier molecular flexibility index (Phi) is 6.06. The van der Waals surface area contributed by atoms with Gasteiger partial charge in [-0.2, -0.15) is 0 Å². The van der Waals surface area contributed by atoms with Crippen LogP contribution in [0.4, 0.5) is 0 Å². The van der Waals surface area contributed by atoms with E-state index in [1.54, 1.807) is 7.11 Å². The third-order valence-electron chi connectivity index (χ3n) is 3.13. The minimum Gasteiger partial charge on any atom is -0.496 e. The van der Waals surface area contributed by atoms with Crippen LogP contribution >= 0.6 is 0 Å². The molecule has 0 radical (unpaired) electrons. The molecule has 0 bridgehead atoms. The number of hydrogen-bond donors (Lipinski definition) is 1. The van der Waals surface area contributed by atoms with Gasteiger partial charge < -0.3 is 10.1 Å². The van der Waals surface area contributed by atoms with Crippen molar-refractivity contribution in [2.24, 2.45) is 0 Å². The minimum atomic E-state index is 0.331. The summed E-state index contributed by atoms with van der Waals surface area (Å²) in [4.78, 5) is 0. The molecule has 0 saturated heterocycles. The van der Waals surface area contributed by atoms with Gasteiger partial charge in [0.15, 0.2) is 0 Å². The molecule has 1 aromatic carbocycles. The summed E-state index contributed by atoms with van der Waals surface area (Å²) in [5.74, 6) is 0.968. The van der Waals surface area contributed by atoms with Crippen LogP contribution in [-0.4, -0.2) is 13.2 Å². The molecule has 2 atom stereocenters. The number of unbranched alkanes of at least 4 members (excludes halogenated alkanes) is 1. The lowest BCUT2D eigenvalue weighted by Gasteiger charge is -2.21. The predicted molar refractivity (Wildman–Crippen MR) is 73.5 cm³/mol. The molecule has 1 unspecified atom stereocenters. The summed E-state index contributed by atoms with van der Waals surface area (Å²) >= 11 is 0. The van der Waals surface area contributed by atoms with Gasteiger partial charge in [0.2, 0.25) is 0 Å². The summed E-state index contributed by atoms with van der Waals surface area (Å²) in [7, 11) is 1.73. The molecule has 0 saturated carbocycles. The van der Waals surface area contributed by atoms with Crippen LogP contribution in [0.25, 0.3) is 0 Å². The highest BCUT2D eigenvalue weighted by molar-refractivity contribution is 5.35. The highest BCUT2D eigenvalue weighted by atomic mass is 16.5. The Morgan fingerprint density at radius 1 is 1.24 bits per heavy atom. The van der Waals surface area contributed by atoms with E-state index in [4.69, 9.17) is 4.74 Å². The maximum Gasteiger partial charge on any atom is 0.123 e. The molecule has 96 valence electrons. The first-order valence-electron chi connectivity index (χ1n) is 6.58. The topological polar surface area (TPSA) is 21.3 Å². The fourth-order valence-corrected chi connectivity index (χ4v) is 2.13. The molecular weight excluding hydrogens is 210 g/mol. The summed E-state index contributed by atoms with van der Waals surface area (Å²) in [6, 6.07) is 9.10. The fraction of sp³-hybridized carbons (Fsp3) is 0.600. The van der Waals surface area contributed by atoms with Gasteiger partial charge in [0.1, 0.15) is 5.75 Å². The van der Waals surface area contributed by atoms with Crippen molar-refractivity contribution < 1.29 is 4.74 Å². The molecule has 2 heteroatoms. The van der Waals surface area contributed by atoms with Crippen LogP contribution in [0.15, 0.2) is 24.3 Å². The molecule has 0 aliphatic carbocycles. The molecule has 1 aromatic rings. The van der Waals surface area contributed by atoms with E-state index < -0.39 is 0 Å². The van der Waals surface area contributed by atoms with Crippen molar-refractivity contribution >= 4 is 0 Å². The van der Waals surface area contributed by atoms with Gasteiger partial charge in [-0.05, 0) is 26.3 Å². The van der Waals surface area contributed by atoms with Crippen LogP contribution in [0, 0.1) is 0 Å². The minimum absolute atomic E-state index is 0.331. The first-order chi connectivity index (χ1) is 8.19. The molecule has 0 spiro atoms. The number of methoxy groups -OCH3 is 1. The van der Waals surface area contributed by atoms with Crippen LogP contribution in [-0.2, 0) is 0 Å². The van der Waals surface area contributed by atoms with Gasteiger partial charge in [-0.25, -0.2) is 0 Å². The summed E-state index contributed by atoms with van der Waals surface area (Å²) in [5.41, 5.74) is 1.23. The first kappa shape index (κ1) is 14.0. The van der Waals surface area contributed by atoms with Crippen molar-refractivity contribution in [3.05, 3.63) is 29.8 Å². The Hall–Kier alpha value is -1.02. The molecule has 0 aliphatic rings. The van der Waals surface area contributed by atoms with E-state index >= 15 is 0 Å². The first-order valence-corrected chi connectivity index (χ1v) is 6.58.